The summed E-state index contributed by atoms with van der Waals surface area (Å²) in [5.41, 5.74) is 8.78. The second-order valence-electron chi connectivity index (χ2n) is 11.4. The summed E-state index contributed by atoms with van der Waals surface area (Å²) in [6.07, 6.45) is 0. The molecule has 1 heterocycles. The zero-order chi connectivity index (χ0) is 31.5. The number of hydrogen-bond acceptors (Lipinski definition) is 0. The highest BCUT2D eigenvalue weighted by atomic mass is 35.5. The van der Waals surface area contributed by atoms with E-state index >= 15 is 0 Å². The monoisotopic (exact) mass is 629 g/mol. The van der Waals surface area contributed by atoms with E-state index in [9.17, 15) is 0 Å². The minimum absolute atomic E-state index is 0.126. The fraction of sp³-hybridized carbons (Fsp3) is 0.0698. The van der Waals surface area contributed by atoms with Crippen LogP contribution in [0.3, 0.4) is 0 Å². The van der Waals surface area contributed by atoms with Gasteiger partial charge in [0.1, 0.15) is 0 Å². The van der Waals surface area contributed by atoms with Crippen LogP contribution in [0.1, 0.15) is 45.2 Å². The number of rotatable bonds is 4. The lowest BCUT2D eigenvalue weighted by Gasteiger charge is -2.13. The first-order valence-electron chi connectivity index (χ1n) is 15.2. The fourth-order valence-corrected chi connectivity index (χ4v) is 6.25. The van der Waals surface area contributed by atoms with Gasteiger partial charge in [-0.2, -0.15) is 0 Å². The van der Waals surface area contributed by atoms with Gasteiger partial charge in [-0.1, -0.05) is 120 Å². The zero-order valence-electron chi connectivity index (χ0n) is 25.2. The first-order chi connectivity index (χ1) is 22.5. The largest absolute Gasteiger partial charge is 0.344 e. The number of aryl methyl sites for hydroxylation is 1. The van der Waals surface area contributed by atoms with E-state index in [2.05, 4.69) is 96.0 Å². The van der Waals surface area contributed by atoms with Gasteiger partial charge < -0.3 is 4.57 Å². The summed E-state index contributed by atoms with van der Waals surface area (Å²) >= 11 is 12.6. The number of hydrogen-bond donors (Lipinski definition) is 0. The van der Waals surface area contributed by atoms with E-state index in [4.69, 9.17) is 23.2 Å². The van der Waals surface area contributed by atoms with Gasteiger partial charge in [-0.25, -0.2) is 0 Å². The lowest BCUT2D eigenvalue weighted by molar-refractivity contribution is 1.01. The smallest absolute Gasteiger partial charge is 0.0706 e. The van der Waals surface area contributed by atoms with Crippen molar-refractivity contribution in [1.82, 2.24) is 4.57 Å². The van der Waals surface area contributed by atoms with E-state index in [-0.39, 0.29) is 11.8 Å². The second-order valence-corrected chi connectivity index (χ2v) is 12.2. The van der Waals surface area contributed by atoms with Crippen molar-refractivity contribution in [3.05, 3.63) is 189 Å². The summed E-state index contributed by atoms with van der Waals surface area (Å²) in [6, 6.07) is 49.7. The van der Waals surface area contributed by atoms with Crippen LogP contribution < -0.4 is 0 Å². The molecule has 0 radical (unpaired) electrons. The molecule has 7 aromatic rings. The number of aromatic nitrogens is 1. The van der Waals surface area contributed by atoms with Crippen LogP contribution in [0.4, 0.5) is 0 Å². The van der Waals surface area contributed by atoms with Gasteiger partial charge >= 0.3 is 0 Å². The molecule has 0 amide bonds. The van der Waals surface area contributed by atoms with Crippen molar-refractivity contribution in [1.29, 1.82) is 0 Å². The minimum atomic E-state index is -0.126. The normalized spacial score (nSPS) is 12.2. The molecule has 0 aliphatic rings. The average molecular weight is 631 g/mol. The van der Waals surface area contributed by atoms with Crippen LogP contribution in [-0.4, -0.2) is 4.57 Å². The summed E-state index contributed by atoms with van der Waals surface area (Å²) in [5.74, 6) is 13.7. The van der Waals surface area contributed by atoms with Crippen LogP contribution in [0, 0.1) is 23.7 Å². The van der Waals surface area contributed by atoms with E-state index in [1.807, 2.05) is 84.9 Å². The maximum Gasteiger partial charge on any atom is 0.0706 e. The highest BCUT2D eigenvalue weighted by Crippen LogP contribution is 2.36. The molecule has 0 N–H and O–H groups in total. The van der Waals surface area contributed by atoms with E-state index in [1.165, 1.54) is 21.8 Å². The molecule has 1 aromatic heterocycles. The Hall–Kier alpha value is -5.18. The number of nitrogens with zero attached hydrogens (tertiary/aromatic N) is 1. The van der Waals surface area contributed by atoms with Crippen molar-refractivity contribution in [3.63, 3.8) is 0 Å². The van der Waals surface area contributed by atoms with Crippen molar-refractivity contribution >= 4 is 45.0 Å². The lowest BCUT2D eigenvalue weighted by atomic mass is 9.89. The number of fused-ring (bicyclic) bond motifs is 3. The van der Waals surface area contributed by atoms with Crippen LogP contribution in [0.2, 0.25) is 10.0 Å². The zero-order valence-corrected chi connectivity index (χ0v) is 26.7. The Kier molecular flexibility index (Phi) is 8.37. The third-order valence-electron chi connectivity index (χ3n) is 8.40. The molecule has 46 heavy (non-hydrogen) atoms. The quantitative estimate of drug-likeness (QED) is 0.171. The Morgan fingerprint density at radius 1 is 0.457 bits per heavy atom. The van der Waals surface area contributed by atoms with Gasteiger partial charge in [-0.15, -0.1) is 0 Å². The molecule has 7 rings (SSSR count). The molecule has 0 aliphatic carbocycles. The van der Waals surface area contributed by atoms with Crippen LogP contribution >= 0.6 is 23.2 Å². The van der Waals surface area contributed by atoms with Crippen molar-refractivity contribution in [2.24, 2.45) is 7.05 Å². The van der Waals surface area contributed by atoms with E-state index in [1.54, 1.807) is 0 Å². The standard InChI is InChI=1S/C43H29Cl2N/c1-46-42-26-18-34(38(32-14-20-36(44)21-15-32)24-12-30-8-4-2-5-9-30)28-40(42)41-29-35(19-27-43(41)46)39(33-16-22-37(45)23-17-33)25-13-31-10-6-3-7-11-31/h2-11,14-23,26-29,38-39H,1H3. The third-order valence-corrected chi connectivity index (χ3v) is 8.90. The highest BCUT2D eigenvalue weighted by molar-refractivity contribution is 6.30. The summed E-state index contributed by atoms with van der Waals surface area (Å²) in [4.78, 5) is 0. The first kappa shape index (κ1) is 29.5. The van der Waals surface area contributed by atoms with Crippen molar-refractivity contribution in [3.8, 4) is 23.7 Å². The van der Waals surface area contributed by atoms with Crippen LogP contribution in [0.25, 0.3) is 21.8 Å². The van der Waals surface area contributed by atoms with Gasteiger partial charge in [0.05, 0.1) is 11.8 Å². The van der Waals surface area contributed by atoms with Crippen LogP contribution in [0.15, 0.2) is 146 Å². The fourth-order valence-electron chi connectivity index (χ4n) is 6.00. The first-order valence-corrected chi connectivity index (χ1v) is 16.0. The van der Waals surface area contributed by atoms with Gasteiger partial charge in [0.15, 0.2) is 0 Å². The molecule has 0 spiro atoms. The molecule has 0 fully saturated rings. The Morgan fingerprint density at radius 3 is 1.22 bits per heavy atom. The van der Waals surface area contributed by atoms with E-state index in [0.717, 1.165) is 33.4 Å². The van der Waals surface area contributed by atoms with E-state index in [0.29, 0.717) is 10.0 Å². The summed E-state index contributed by atoms with van der Waals surface area (Å²) < 4.78 is 2.26. The SMILES string of the molecule is Cn1c2ccc(C(C#Cc3ccccc3)c3ccc(Cl)cc3)cc2c2cc(C(C#Cc3ccccc3)c3ccc(Cl)cc3)ccc21. The predicted octanol–water partition coefficient (Wildman–Crippen LogP) is 11.0. The van der Waals surface area contributed by atoms with Crippen molar-refractivity contribution in [2.75, 3.05) is 0 Å². The van der Waals surface area contributed by atoms with Gasteiger partial charge in [0, 0.05) is 50.0 Å². The maximum absolute atomic E-state index is 6.28. The molecule has 6 aromatic carbocycles. The average Bonchev–Trinajstić information content (AvgIpc) is 3.37. The Bertz CT molecular complexity index is 2110. The summed E-state index contributed by atoms with van der Waals surface area (Å²) in [5, 5.41) is 3.79. The maximum atomic E-state index is 6.28. The van der Waals surface area contributed by atoms with Crippen molar-refractivity contribution in [2.45, 2.75) is 11.8 Å². The summed E-state index contributed by atoms with van der Waals surface area (Å²) in [7, 11) is 2.13. The Morgan fingerprint density at radius 2 is 0.826 bits per heavy atom. The molecular weight excluding hydrogens is 601 g/mol. The molecule has 1 nitrogen and oxygen atoms in total. The number of benzene rings is 6. The molecule has 220 valence electrons. The van der Waals surface area contributed by atoms with E-state index < -0.39 is 0 Å². The van der Waals surface area contributed by atoms with Gasteiger partial charge in [-0.3, -0.25) is 0 Å². The topological polar surface area (TPSA) is 4.93 Å². The van der Waals surface area contributed by atoms with Crippen LogP contribution in [-0.2, 0) is 7.05 Å². The Labute approximate surface area is 280 Å². The molecule has 0 aliphatic heterocycles. The van der Waals surface area contributed by atoms with Gasteiger partial charge in [0.25, 0.3) is 0 Å². The predicted molar refractivity (Wildman–Crippen MR) is 194 cm³/mol. The molecule has 2 unspecified atom stereocenters. The minimum Gasteiger partial charge on any atom is -0.344 e. The highest BCUT2D eigenvalue weighted by Gasteiger charge is 2.18. The summed E-state index contributed by atoms with van der Waals surface area (Å²) in [6.45, 7) is 0. The van der Waals surface area contributed by atoms with Crippen LogP contribution in [0.5, 0.6) is 0 Å². The number of halogens is 2. The molecular formula is C43H29Cl2N. The molecule has 0 saturated heterocycles. The van der Waals surface area contributed by atoms with Gasteiger partial charge in [-0.05, 0) is 95.1 Å². The van der Waals surface area contributed by atoms with Crippen molar-refractivity contribution < 1.29 is 0 Å². The lowest BCUT2D eigenvalue weighted by Crippen LogP contribution is -1.99. The molecule has 0 saturated carbocycles. The Balaban J connectivity index is 1.37. The third kappa shape index (κ3) is 6.18. The second kappa shape index (κ2) is 13.0. The molecule has 0 bridgehead atoms. The van der Waals surface area contributed by atoms with Gasteiger partial charge in [0.2, 0.25) is 0 Å². The molecule has 3 heteroatoms. The molecule has 2 atom stereocenters.